The number of H-pyrrole nitrogens is 1. The van der Waals surface area contributed by atoms with Gasteiger partial charge in [-0.25, -0.2) is 4.39 Å². The van der Waals surface area contributed by atoms with Gasteiger partial charge in [-0.05, 0) is 65.3 Å². The monoisotopic (exact) mass is 452 g/mol. The molecule has 0 radical (unpaired) electrons. The summed E-state index contributed by atoms with van der Waals surface area (Å²) < 4.78 is 20.9. The molecule has 0 saturated heterocycles. The number of aromatic amines is 1. The van der Waals surface area contributed by atoms with Crippen LogP contribution >= 0.6 is 23.8 Å². The summed E-state index contributed by atoms with van der Waals surface area (Å²) in [6.07, 6.45) is 2.16. The topological polar surface area (TPSA) is 55.2 Å². The maximum Gasteiger partial charge on any atom is 0.216 e. The van der Waals surface area contributed by atoms with Crippen LogP contribution in [0.2, 0.25) is 5.02 Å². The molecule has 4 rings (SSSR count). The average Bonchev–Trinajstić information content (AvgIpc) is 3.13. The van der Waals surface area contributed by atoms with Gasteiger partial charge in [0.15, 0.2) is 5.82 Å². The first-order valence-corrected chi connectivity index (χ1v) is 10.3. The predicted octanol–water partition coefficient (Wildman–Crippen LogP) is 5.79. The summed E-state index contributed by atoms with van der Waals surface area (Å²) in [5.74, 6) is 1.07. The summed E-state index contributed by atoms with van der Waals surface area (Å²) in [6.45, 7) is 0.437. The van der Waals surface area contributed by atoms with E-state index in [1.54, 1.807) is 23.0 Å². The Morgan fingerprint density at radius 1 is 1.06 bits per heavy atom. The molecule has 0 bridgehead atoms. The normalized spacial score (nSPS) is 11.2. The largest absolute Gasteiger partial charge is 0.489 e. The second-order valence-electron chi connectivity index (χ2n) is 6.79. The van der Waals surface area contributed by atoms with Crippen molar-refractivity contribution in [1.29, 1.82) is 0 Å². The minimum absolute atomic E-state index is 0.279. The first-order valence-electron chi connectivity index (χ1n) is 9.49. The van der Waals surface area contributed by atoms with E-state index in [1.165, 1.54) is 12.1 Å². The quantitative estimate of drug-likeness (QED) is 0.285. The van der Waals surface area contributed by atoms with E-state index >= 15 is 0 Å². The molecule has 0 saturated carbocycles. The maximum atomic E-state index is 13.1. The van der Waals surface area contributed by atoms with Crippen LogP contribution in [0.25, 0.3) is 0 Å². The molecule has 5 nitrogen and oxygen atoms in total. The van der Waals surface area contributed by atoms with Gasteiger partial charge in [-0.2, -0.15) is 14.9 Å². The van der Waals surface area contributed by atoms with Crippen molar-refractivity contribution in [1.82, 2.24) is 14.9 Å². The number of nitrogens with zero attached hydrogens (tertiary/aromatic N) is 3. The highest BCUT2D eigenvalue weighted by Crippen LogP contribution is 2.16. The van der Waals surface area contributed by atoms with Crippen molar-refractivity contribution in [3.05, 3.63) is 111 Å². The van der Waals surface area contributed by atoms with Gasteiger partial charge in [-0.1, -0.05) is 48.0 Å². The fraction of sp³-hybridized carbons (Fsp3) is 0.0870. The molecule has 1 N–H and O–H groups in total. The number of halogens is 2. The van der Waals surface area contributed by atoms with Crippen molar-refractivity contribution in [2.75, 3.05) is 0 Å². The minimum Gasteiger partial charge on any atom is -0.489 e. The zero-order chi connectivity index (χ0) is 21.6. The van der Waals surface area contributed by atoms with Gasteiger partial charge in [0.2, 0.25) is 4.77 Å². The van der Waals surface area contributed by atoms with E-state index < -0.39 is 0 Å². The highest BCUT2D eigenvalue weighted by atomic mass is 35.5. The van der Waals surface area contributed by atoms with Gasteiger partial charge in [0.25, 0.3) is 0 Å². The number of nitrogens with one attached hydrogen (secondary N) is 1. The Labute approximate surface area is 188 Å². The first-order chi connectivity index (χ1) is 15.1. The second-order valence-corrected chi connectivity index (χ2v) is 7.62. The molecule has 31 heavy (non-hydrogen) atoms. The van der Waals surface area contributed by atoms with Crippen molar-refractivity contribution >= 4 is 30.0 Å². The smallest absolute Gasteiger partial charge is 0.216 e. The summed E-state index contributed by atoms with van der Waals surface area (Å²) in [6, 6.07) is 21.4. The molecule has 0 amide bonds. The number of aromatic nitrogens is 3. The molecule has 156 valence electrons. The summed E-state index contributed by atoms with van der Waals surface area (Å²) in [5.41, 5.74) is 2.78. The third-order valence-corrected chi connectivity index (χ3v) is 5.01. The van der Waals surface area contributed by atoms with Crippen LogP contribution in [0.15, 0.2) is 77.9 Å². The number of benzene rings is 3. The molecular formula is C23H18ClFN4OS. The number of rotatable bonds is 7. The molecule has 1 aromatic heterocycles. The zero-order valence-electron chi connectivity index (χ0n) is 16.3. The van der Waals surface area contributed by atoms with Crippen molar-refractivity contribution in [3.8, 4) is 5.75 Å². The number of hydrogen-bond donors (Lipinski definition) is 1. The fourth-order valence-electron chi connectivity index (χ4n) is 2.90. The van der Waals surface area contributed by atoms with E-state index in [0.29, 0.717) is 28.6 Å². The van der Waals surface area contributed by atoms with Crippen molar-refractivity contribution < 1.29 is 9.13 Å². The highest BCUT2D eigenvalue weighted by Gasteiger charge is 2.07. The zero-order valence-corrected chi connectivity index (χ0v) is 17.9. The van der Waals surface area contributed by atoms with Gasteiger partial charge in [-0.15, -0.1) is 0 Å². The van der Waals surface area contributed by atoms with E-state index in [4.69, 9.17) is 28.6 Å². The van der Waals surface area contributed by atoms with Crippen LogP contribution in [-0.4, -0.2) is 21.1 Å². The molecule has 0 unspecified atom stereocenters. The van der Waals surface area contributed by atoms with E-state index in [1.807, 2.05) is 48.5 Å². The lowest BCUT2D eigenvalue weighted by atomic mass is 10.1. The van der Waals surface area contributed by atoms with E-state index in [-0.39, 0.29) is 5.82 Å². The molecule has 3 aromatic carbocycles. The van der Waals surface area contributed by atoms with Gasteiger partial charge in [0, 0.05) is 11.4 Å². The molecule has 4 aromatic rings. The van der Waals surface area contributed by atoms with Crippen LogP contribution in [0.4, 0.5) is 4.39 Å². The Morgan fingerprint density at radius 2 is 1.81 bits per heavy atom. The Bertz CT molecular complexity index is 1250. The highest BCUT2D eigenvalue weighted by molar-refractivity contribution is 7.71. The van der Waals surface area contributed by atoms with Gasteiger partial charge in [0.1, 0.15) is 18.2 Å². The van der Waals surface area contributed by atoms with Gasteiger partial charge >= 0.3 is 0 Å². The molecule has 0 fully saturated rings. The Kier molecular flexibility index (Phi) is 6.54. The number of ether oxygens (including phenoxy) is 1. The Morgan fingerprint density at radius 3 is 2.58 bits per heavy atom. The van der Waals surface area contributed by atoms with Crippen LogP contribution in [0.1, 0.15) is 22.5 Å². The van der Waals surface area contributed by atoms with Gasteiger partial charge in [0.05, 0.1) is 6.21 Å². The predicted molar refractivity (Wildman–Crippen MR) is 122 cm³/mol. The van der Waals surface area contributed by atoms with Crippen molar-refractivity contribution in [2.45, 2.75) is 13.0 Å². The van der Waals surface area contributed by atoms with Crippen LogP contribution in [-0.2, 0) is 13.0 Å². The summed E-state index contributed by atoms with van der Waals surface area (Å²) >= 11 is 11.2. The van der Waals surface area contributed by atoms with Crippen molar-refractivity contribution in [2.24, 2.45) is 5.10 Å². The SMILES string of the molecule is Fc1ccc(Cc2n[nH]c(=S)n2/N=C\c2cccc(OCc3ccc(Cl)cc3)c2)cc1. The van der Waals surface area contributed by atoms with Crippen LogP contribution in [0.5, 0.6) is 5.75 Å². The lowest BCUT2D eigenvalue weighted by Crippen LogP contribution is -2.01. The molecular weight excluding hydrogens is 435 g/mol. The van der Waals surface area contributed by atoms with Crippen LogP contribution < -0.4 is 4.74 Å². The third kappa shape index (κ3) is 5.65. The summed E-state index contributed by atoms with van der Waals surface area (Å²) in [7, 11) is 0. The summed E-state index contributed by atoms with van der Waals surface area (Å²) in [4.78, 5) is 0. The maximum absolute atomic E-state index is 13.1. The standard InChI is InChI=1S/C23H18ClFN4OS/c24-19-8-4-17(5-9-19)15-30-21-3-1-2-18(12-21)14-26-29-22(27-28-23(29)31)13-16-6-10-20(25)11-7-16/h1-12,14H,13,15H2,(H,28,31)/b26-14-. The number of hydrogen-bond acceptors (Lipinski definition) is 4. The molecule has 0 atom stereocenters. The third-order valence-electron chi connectivity index (χ3n) is 4.49. The molecule has 0 spiro atoms. The molecule has 1 heterocycles. The van der Waals surface area contributed by atoms with Crippen LogP contribution in [0, 0.1) is 10.6 Å². The lowest BCUT2D eigenvalue weighted by Gasteiger charge is -2.07. The second kappa shape index (κ2) is 9.68. The molecule has 0 aliphatic carbocycles. The summed E-state index contributed by atoms with van der Waals surface area (Å²) in [5, 5.41) is 12.2. The van der Waals surface area contributed by atoms with E-state index in [2.05, 4.69) is 15.3 Å². The average molecular weight is 453 g/mol. The minimum atomic E-state index is -0.279. The van der Waals surface area contributed by atoms with Gasteiger partial charge < -0.3 is 4.74 Å². The van der Waals surface area contributed by atoms with Gasteiger partial charge in [-0.3, -0.25) is 5.10 Å². The first kappa shape index (κ1) is 21.0. The van der Waals surface area contributed by atoms with E-state index in [9.17, 15) is 4.39 Å². The molecule has 8 heteroatoms. The Hall–Kier alpha value is -3.29. The fourth-order valence-corrected chi connectivity index (χ4v) is 3.22. The molecule has 0 aliphatic heterocycles. The molecule has 0 aliphatic rings. The Balaban J connectivity index is 1.47. The van der Waals surface area contributed by atoms with Crippen LogP contribution in [0.3, 0.4) is 0 Å². The van der Waals surface area contributed by atoms with Crippen molar-refractivity contribution in [3.63, 3.8) is 0 Å². The lowest BCUT2D eigenvalue weighted by molar-refractivity contribution is 0.306. The van der Waals surface area contributed by atoms with E-state index in [0.717, 1.165) is 22.4 Å².